The maximum Gasteiger partial charge on any atom is 0.356 e. The lowest BCUT2D eigenvalue weighted by Gasteiger charge is -2.49. The Morgan fingerprint density at radius 2 is 1.76 bits per heavy atom. The summed E-state index contributed by atoms with van der Waals surface area (Å²) in [6.07, 6.45) is -0.428. The fourth-order valence-electron chi connectivity index (χ4n) is 4.87. The van der Waals surface area contributed by atoms with Gasteiger partial charge >= 0.3 is 5.97 Å². The quantitative estimate of drug-likeness (QED) is 0.134. The molecule has 0 aliphatic carbocycles. The van der Waals surface area contributed by atoms with Crippen LogP contribution in [0.15, 0.2) is 99.2 Å². The van der Waals surface area contributed by atoms with Crippen LogP contribution in [0.5, 0.6) is 0 Å². The monoisotopic (exact) mass is 633 g/mol. The first-order chi connectivity index (χ1) is 20.5. The van der Waals surface area contributed by atoms with Gasteiger partial charge in [-0.05, 0) is 35.1 Å². The van der Waals surface area contributed by atoms with Crippen LogP contribution in [0, 0.1) is 6.92 Å². The third-order valence-corrected chi connectivity index (χ3v) is 11.3. The molecule has 1 saturated heterocycles. The number of hydrogen-bond acceptors (Lipinski definition) is 9. The molecule has 6 rings (SSSR count). The molecule has 214 valence electrons. The first-order valence-electron chi connectivity index (χ1n) is 13.3. The Morgan fingerprint density at radius 1 is 1.05 bits per heavy atom. The second-order valence-corrected chi connectivity index (χ2v) is 14.0. The van der Waals surface area contributed by atoms with E-state index in [2.05, 4.69) is 10.3 Å². The number of thiazole rings is 1. The smallest absolute Gasteiger partial charge is 0.356 e. The zero-order valence-corrected chi connectivity index (χ0v) is 25.9. The summed E-state index contributed by atoms with van der Waals surface area (Å²) in [5.41, 5.74) is 3.70. The summed E-state index contributed by atoms with van der Waals surface area (Å²) in [6.45, 7) is 1.95. The maximum atomic E-state index is 14.1. The number of fused-ring (bicyclic) bond motifs is 1. The third-order valence-electron chi connectivity index (χ3n) is 6.87. The van der Waals surface area contributed by atoms with Crippen molar-refractivity contribution in [3.8, 4) is 0 Å². The second kappa shape index (κ2) is 12.9. The third kappa shape index (κ3) is 6.19. The van der Waals surface area contributed by atoms with E-state index in [0.29, 0.717) is 11.5 Å². The zero-order chi connectivity index (χ0) is 29.1. The van der Waals surface area contributed by atoms with Crippen LogP contribution in [0.1, 0.15) is 27.8 Å². The number of nitrogens with zero attached hydrogens (tertiary/aromatic N) is 2. The fourth-order valence-corrected chi connectivity index (χ4v) is 8.91. The Balaban J connectivity index is 1.27. The van der Waals surface area contributed by atoms with Crippen molar-refractivity contribution >= 4 is 64.0 Å². The number of amides is 2. The van der Waals surface area contributed by atoms with Gasteiger partial charge in [-0.15, -0.1) is 34.4 Å². The van der Waals surface area contributed by atoms with Crippen molar-refractivity contribution in [1.82, 2.24) is 15.2 Å². The fraction of sp³-hybridized carbons (Fsp3) is 0.226. The Hall–Kier alpha value is -3.38. The van der Waals surface area contributed by atoms with Crippen molar-refractivity contribution in [2.75, 3.05) is 11.5 Å². The van der Waals surface area contributed by atoms with Crippen LogP contribution in [0.25, 0.3) is 0 Å². The number of esters is 1. The minimum Gasteiger partial charge on any atom is -0.448 e. The van der Waals surface area contributed by atoms with Gasteiger partial charge < -0.3 is 10.1 Å². The van der Waals surface area contributed by atoms with Crippen LogP contribution in [-0.4, -0.2) is 50.6 Å². The Labute approximate surface area is 260 Å². The van der Waals surface area contributed by atoms with Gasteiger partial charge in [0.05, 0.1) is 6.42 Å². The van der Waals surface area contributed by atoms with E-state index in [0.717, 1.165) is 31.6 Å². The molecule has 2 aromatic heterocycles. The Bertz CT molecular complexity index is 1570. The van der Waals surface area contributed by atoms with Gasteiger partial charge in [-0.2, -0.15) is 0 Å². The number of carbonyl (C=O) groups excluding carboxylic acids is 3. The molecule has 2 aromatic carbocycles. The molecule has 1 fully saturated rings. The van der Waals surface area contributed by atoms with Gasteiger partial charge in [0.2, 0.25) is 5.91 Å². The highest BCUT2D eigenvalue weighted by Crippen LogP contribution is 2.43. The summed E-state index contributed by atoms with van der Waals surface area (Å²) in [5.74, 6) is -0.0345. The van der Waals surface area contributed by atoms with Crippen molar-refractivity contribution in [3.05, 3.63) is 117 Å². The van der Waals surface area contributed by atoms with Gasteiger partial charge in [-0.3, -0.25) is 14.5 Å². The summed E-state index contributed by atoms with van der Waals surface area (Å²) in [6, 6.07) is 22.3. The van der Waals surface area contributed by atoms with Crippen LogP contribution in [0.4, 0.5) is 0 Å². The van der Waals surface area contributed by atoms with Crippen molar-refractivity contribution in [3.63, 3.8) is 0 Å². The van der Waals surface area contributed by atoms with E-state index in [9.17, 15) is 14.4 Å². The number of aryl methyl sites for hydroxylation is 1. The zero-order valence-electron chi connectivity index (χ0n) is 22.6. The number of β-lactam (4-membered cyclic amide) rings is 1. The summed E-state index contributed by atoms with van der Waals surface area (Å²) in [5, 5.41) is 6.43. The number of rotatable bonds is 10. The van der Waals surface area contributed by atoms with Crippen LogP contribution in [0.3, 0.4) is 0 Å². The summed E-state index contributed by atoms with van der Waals surface area (Å²) >= 11 is 6.16. The normalized spacial score (nSPS) is 18.0. The van der Waals surface area contributed by atoms with E-state index < -0.39 is 18.1 Å². The SMILES string of the molecule is Cc1csc(SCC2=C(C(=O)OC(c3ccccc3)c3ccccc3)N3C(=O)[C@@H](NC(=O)Cc4cccs4)[C@H]3SC2)n1. The molecule has 4 aromatic rings. The number of aromatic nitrogens is 1. The molecule has 11 heteroatoms. The highest BCUT2D eigenvalue weighted by molar-refractivity contribution is 8.01. The van der Waals surface area contributed by atoms with Gasteiger partial charge in [0.1, 0.15) is 21.5 Å². The second-order valence-electron chi connectivity index (χ2n) is 9.81. The number of thiophene rings is 1. The number of carbonyl (C=O) groups is 3. The average Bonchev–Trinajstić information content (AvgIpc) is 3.69. The van der Waals surface area contributed by atoms with E-state index in [4.69, 9.17) is 4.74 Å². The molecule has 0 unspecified atom stereocenters. The van der Waals surface area contributed by atoms with Crippen LogP contribution in [0.2, 0.25) is 0 Å². The molecule has 0 spiro atoms. The summed E-state index contributed by atoms with van der Waals surface area (Å²) in [4.78, 5) is 47.3. The van der Waals surface area contributed by atoms with Crippen LogP contribution >= 0.6 is 46.2 Å². The molecule has 1 N–H and O–H groups in total. The van der Waals surface area contributed by atoms with E-state index in [1.807, 2.05) is 90.5 Å². The summed E-state index contributed by atoms with van der Waals surface area (Å²) in [7, 11) is 0. The maximum absolute atomic E-state index is 14.1. The van der Waals surface area contributed by atoms with Gasteiger partial charge in [0.25, 0.3) is 5.91 Å². The van der Waals surface area contributed by atoms with Gasteiger partial charge in [-0.25, -0.2) is 9.78 Å². The van der Waals surface area contributed by atoms with Gasteiger partial charge in [0.15, 0.2) is 6.10 Å². The van der Waals surface area contributed by atoms with E-state index in [-0.39, 0.29) is 29.3 Å². The number of ether oxygens (including phenoxy) is 1. The minimum atomic E-state index is -0.694. The predicted octanol–water partition coefficient (Wildman–Crippen LogP) is 5.83. The van der Waals surface area contributed by atoms with Crippen molar-refractivity contribution in [1.29, 1.82) is 0 Å². The predicted molar refractivity (Wildman–Crippen MR) is 168 cm³/mol. The average molecular weight is 634 g/mol. The molecule has 7 nitrogen and oxygen atoms in total. The summed E-state index contributed by atoms with van der Waals surface area (Å²) < 4.78 is 7.13. The lowest BCUT2D eigenvalue weighted by molar-refractivity contribution is -0.154. The first-order valence-corrected chi connectivity index (χ1v) is 17.1. The van der Waals surface area contributed by atoms with Gasteiger partial charge in [0, 0.05) is 27.5 Å². The van der Waals surface area contributed by atoms with Crippen molar-refractivity contribution in [2.45, 2.75) is 35.2 Å². The minimum absolute atomic E-state index is 0.210. The lowest BCUT2D eigenvalue weighted by atomic mass is 10.0. The Kier molecular flexibility index (Phi) is 8.80. The highest BCUT2D eigenvalue weighted by Gasteiger charge is 2.54. The molecule has 0 saturated carbocycles. The highest BCUT2D eigenvalue weighted by atomic mass is 32.2. The molecule has 0 radical (unpaired) electrons. The topological polar surface area (TPSA) is 88.6 Å². The van der Waals surface area contributed by atoms with Crippen molar-refractivity contribution < 1.29 is 19.1 Å². The van der Waals surface area contributed by atoms with Crippen LogP contribution in [-0.2, 0) is 25.5 Å². The molecular formula is C31H27N3O4S4. The standard InChI is InChI=1S/C31H27N3O4S4/c1-19-16-41-31(32-19)42-18-22-17-40-29-25(33-24(35)15-23-13-8-14-39-23)28(36)34(29)26(22)30(37)38-27(20-9-4-2-5-10-20)21-11-6-3-7-12-21/h2-14,16,25,27,29H,15,17-18H2,1H3,(H,33,35)/t25-,29-/m1/s1. The number of hydrogen-bond donors (Lipinski definition) is 1. The molecule has 2 atom stereocenters. The van der Waals surface area contributed by atoms with Gasteiger partial charge in [-0.1, -0.05) is 78.5 Å². The van der Waals surface area contributed by atoms with E-state index in [1.165, 1.54) is 16.2 Å². The van der Waals surface area contributed by atoms with Crippen LogP contribution < -0.4 is 5.32 Å². The molecule has 42 heavy (non-hydrogen) atoms. The van der Waals surface area contributed by atoms with E-state index >= 15 is 0 Å². The molecule has 2 aliphatic rings. The number of thioether (sulfide) groups is 2. The number of nitrogens with one attached hydrogen (secondary N) is 1. The molecule has 0 bridgehead atoms. The number of benzene rings is 2. The lowest BCUT2D eigenvalue weighted by Crippen LogP contribution is -2.70. The van der Waals surface area contributed by atoms with Crippen molar-refractivity contribution in [2.24, 2.45) is 0 Å². The molecular weight excluding hydrogens is 607 g/mol. The molecule has 2 aliphatic heterocycles. The molecule has 2 amide bonds. The molecule has 4 heterocycles. The first kappa shape index (κ1) is 28.7. The van der Waals surface area contributed by atoms with E-state index in [1.54, 1.807) is 34.9 Å². The largest absolute Gasteiger partial charge is 0.448 e. The Morgan fingerprint density at radius 3 is 2.38 bits per heavy atom.